The van der Waals surface area contributed by atoms with Gasteiger partial charge in [0.05, 0.1) is 11.3 Å². The summed E-state index contributed by atoms with van der Waals surface area (Å²) < 4.78 is 0. The molecular formula is C23H25N3. The molecule has 0 saturated carbocycles. The van der Waals surface area contributed by atoms with Crippen LogP contribution in [-0.2, 0) is 0 Å². The maximum atomic E-state index is 9.36. The van der Waals surface area contributed by atoms with Gasteiger partial charge in [-0.15, -0.1) is 0 Å². The highest BCUT2D eigenvalue weighted by Crippen LogP contribution is 2.27. The Bertz CT molecular complexity index is 865. The largest absolute Gasteiger partial charge is 0.367 e. The van der Waals surface area contributed by atoms with E-state index in [1.807, 2.05) is 31.2 Å². The molecule has 3 heteroatoms. The Labute approximate surface area is 156 Å². The average Bonchev–Trinajstić information content (AvgIpc) is 2.67. The first-order valence-corrected chi connectivity index (χ1v) is 9.02. The number of nitriles is 1. The average molecular weight is 343 g/mol. The molecule has 1 fully saturated rings. The van der Waals surface area contributed by atoms with Crippen LogP contribution in [0.1, 0.15) is 23.6 Å². The number of hydrogen-bond donors (Lipinski definition) is 0. The van der Waals surface area contributed by atoms with Gasteiger partial charge >= 0.3 is 0 Å². The summed E-state index contributed by atoms with van der Waals surface area (Å²) in [6.07, 6.45) is 2.18. The van der Waals surface area contributed by atoms with Gasteiger partial charge in [-0.25, -0.2) is 0 Å². The molecule has 1 aliphatic heterocycles. The summed E-state index contributed by atoms with van der Waals surface area (Å²) in [5.41, 5.74) is 6.62. The number of aryl methyl sites for hydroxylation is 1. The first-order valence-electron chi connectivity index (χ1n) is 9.02. The molecule has 0 aliphatic carbocycles. The fourth-order valence-corrected chi connectivity index (χ4v) is 3.47. The molecule has 2 aromatic carbocycles. The molecule has 1 heterocycles. The van der Waals surface area contributed by atoms with Crippen molar-refractivity contribution >= 4 is 11.4 Å². The molecule has 132 valence electrons. The van der Waals surface area contributed by atoms with E-state index in [1.54, 1.807) is 0 Å². The predicted molar refractivity (Wildman–Crippen MR) is 109 cm³/mol. The van der Waals surface area contributed by atoms with Crippen molar-refractivity contribution in [1.29, 1.82) is 5.26 Å². The van der Waals surface area contributed by atoms with Crippen LogP contribution in [0.25, 0.3) is 5.70 Å². The second kappa shape index (κ2) is 7.93. The van der Waals surface area contributed by atoms with Crippen LogP contribution < -0.4 is 4.90 Å². The van der Waals surface area contributed by atoms with Crippen molar-refractivity contribution in [3.8, 4) is 6.07 Å². The van der Waals surface area contributed by atoms with Crippen molar-refractivity contribution in [2.45, 2.75) is 13.8 Å². The molecule has 3 rings (SSSR count). The van der Waals surface area contributed by atoms with Gasteiger partial charge in [0.15, 0.2) is 0 Å². The van der Waals surface area contributed by atoms with E-state index in [-0.39, 0.29) is 0 Å². The number of benzene rings is 2. The van der Waals surface area contributed by atoms with Gasteiger partial charge < -0.3 is 9.80 Å². The zero-order chi connectivity index (χ0) is 18.5. The minimum atomic E-state index is 0.748. The van der Waals surface area contributed by atoms with Gasteiger partial charge in [-0.2, -0.15) is 5.26 Å². The van der Waals surface area contributed by atoms with Crippen LogP contribution in [-0.4, -0.2) is 31.1 Å². The monoisotopic (exact) mass is 343 g/mol. The van der Waals surface area contributed by atoms with Crippen LogP contribution in [0.2, 0.25) is 0 Å². The van der Waals surface area contributed by atoms with Gasteiger partial charge in [0.25, 0.3) is 0 Å². The summed E-state index contributed by atoms with van der Waals surface area (Å²) in [5, 5.41) is 9.36. The quantitative estimate of drug-likeness (QED) is 0.760. The van der Waals surface area contributed by atoms with Crippen LogP contribution in [0.3, 0.4) is 0 Å². The Hall–Kier alpha value is -2.99. The molecule has 0 amide bonds. The fourth-order valence-electron chi connectivity index (χ4n) is 3.47. The van der Waals surface area contributed by atoms with Crippen molar-refractivity contribution < 1.29 is 0 Å². The third kappa shape index (κ3) is 3.81. The molecular weight excluding hydrogens is 318 g/mol. The lowest BCUT2D eigenvalue weighted by molar-refractivity contribution is 0.367. The lowest BCUT2D eigenvalue weighted by Gasteiger charge is -2.39. The van der Waals surface area contributed by atoms with E-state index in [4.69, 9.17) is 0 Å². The van der Waals surface area contributed by atoms with E-state index in [1.165, 1.54) is 16.8 Å². The van der Waals surface area contributed by atoms with Crippen LogP contribution in [0.5, 0.6) is 0 Å². The number of rotatable bonds is 4. The van der Waals surface area contributed by atoms with Gasteiger partial charge in [0.2, 0.25) is 0 Å². The molecule has 3 nitrogen and oxygen atoms in total. The number of piperazine rings is 1. The Kier molecular flexibility index (Phi) is 5.43. The van der Waals surface area contributed by atoms with Gasteiger partial charge in [0, 0.05) is 37.4 Å². The molecule has 0 aromatic heterocycles. The zero-order valence-corrected chi connectivity index (χ0v) is 15.6. The summed E-state index contributed by atoms with van der Waals surface area (Å²) in [6, 6.07) is 18.7. The van der Waals surface area contributed by atoms with E-state index >= 15 is 0 Å². The first-order chi connectivity index (χ1) is 12.6. The van der Waals surface area contributed by atoms with E-state index in [9.17, 15) is 5.26 Å². The minimum Gasteiger partial charge on any atom is -0.367 e. The second-order valence-corrected chi connectivity index (χ2v) is 6.79. The Morgan fingerprint density at radius 3 is 2.35 bits per heavy atom. The molecule has 0 radical (unpaired) electrons. The van der Waals surface area contributed by atoms with Gasteiger partial charge in [-0.3, -0.25) is 0 Å². The molecule has 0 bridgehead atoms. The highest BCUT2D eigenvalue weighted by Gasteiger charge is 2.22. The maximum Gasteiger partial charge on any atom is 0.101 e. The van der Waals surface area contributed by atoms with Gasteiger partial charge in [-0.05, 0) is 37.6 Å². The number of nitrogens with zero attached hydrogens (tertiary/aromatic N) is 3. The lowest BCUT2D eigenvalue weighted by atomic mass is 10.0. The van der Waals surface area contributed by atoms with E-state index < -0.39 is 0 Å². The first kappa shape index (κ1) is 17.8. The molecule has 1 aliphatic rings. The predicted octanol–water partition coefficient (Wildman–Crippen LogP) is 4.61. The Morgan fingerprint density at radius 1 is 1.04 bits per heavy atom. The molecule has 0 unspecified atom stereocenters. The van der Waals surface area contributed by atoms with E-state index in [0.717, 1.165) is 43.0 Å². The maximum absolute atomic E-state index is 9.36. The number of para-hydroxylation sites is 1. The number of anilines is 1. The third-order valence-electron chi connectivity index (χ3n) is 4.79. The number of hydrogen-bond acceptors (Lipinski definition) is 3. The highest BCUT2D eigenvalue weighted by atomic mass is 15.3. The van der Waals surface area contributed by atoms with Crippen LogP contribution >= 0.6 is 0 Å². The molecule has 2 aromatic rings. The Balaban J connectivity index is 1.82. The van der Waals surface area contributed by atoms with Crippen LogP contribution in [0, 0.1) is 18.3 Å². The smallest absolute Gasteiger partial charge is 0.101 e. The molecule has 1 saturated heterocycles. The van der Waals surface area contributed by atoms with Crippen molar-refractivity contribution in [2.75, 3.05) is 31.1 Å². The Morgan fingerprint density at radius 2 is 1.69 bits per heavy atom. The lowest BCUT2D eigenvalue weighted by Crippen LogP contribution is -2.45. The molecule has 26 heavy (non-hydrogen) atoms. The SMILES string of the molecule is C=C(C)/C=C(\c1ccccc1C)N1CCN(c2ccccc2C#N)CC1. The summed E-state index contributed by atoms with van der Waals surface area (Å²) in [4.78, 5) is 4.74. The van der Waals surface area contributed by atoms with Crippen molar-refractivity contribution in [3.05, 3.63) is 83.4 Å². The molecule has 0 atom stereocenters. The van der Waals surface area contributed by atoms with Gasteiger partial charge in [-0.1, -0.05) is 48.6 Å². The summed E-state index contributed by atoms with van der Waals surface area (Å²) in [7, 11) is 0. The standard InChI is InChI=1S/C23H25N3/c1-18(2)16-23(21-10-6-4-8-19(21)3)26-14-12-25(13-15-26)22-11-7-5-9-20(22)17-24/h4-11,16H,1,12-15H2,2-3H3/b23-16+. The summed E-state index contributed by atoms with van der Waals surface area (Å²) in [5.74, 6) is 0. The summed E-state index contributed by atoms with van der Waals surface area (Å²) >= 11 is 0. The second-order valence-electron chi connectivity index (χ2n) is 6.79. The van der Waals surface area contributed by atoms with E-state index in [0.29, 0.717) is 0 Å². The molecule has 0 spiro atoms. The number of allylic oxidation sites excluding steroid dienone is 2. The normalized spacial score (nSPS) is 14.9. The van der Waals surface area contributed by atoms with Gasteiger partial charge in [0.1, 0.15) is 6.07 Å². The van der Waals surface area contributed by atoms with Crippen molar-refractivity contribution in [2.24, 2.45) is 0 Å². The topological polar surface area (TPSA) is 30.3 Å². The molecule has 0 N–H and O–H groups in total. The summed E-state index contributed by atoms with van der Waals surface area (Å²) in [6.45, 7) is 11.9. The minimum absolute atomic E-state index is 0.748. The fraction of sp³-hybridized carbons (Fsp3) is 0.261. The zero-order valence-electron chi connectivity index (χ0n) is 15.6. The van der Waals surface area contributed by atoms with Crippen LogP contribution in [0.15, 0.2) is 66.8 Å². The van der Waals surface area contributed by atoms with Crippen molar-refractivity contribution in [1.82, 2.24) is 4.90 Å². The van der Waals surface area contributed by atoms with E-state index in [2.05, 4.69) is 59.7 Å². The highest BCUT2D eigenvalue weighted by molar-refractivity contribution is 5.69. The third-order valence-corrected chi connectivity index (χ3v) is 4.79. The van der Waals surface area contributed by atoms with Crippen LogP contribution in [0.4, 0.5) is 5.69 Å². The van der Waals surface area contributed by atoms with Crippen molar-refractivity contribution in [3.63, 3.8) is 0 Å².